The fraction of sp³-hybridized carbons (Fsp3) is 0.357. The Labute approximate surface area is 105 Å². The summed E-state index contributed by atoms with van der Waals surface area (Å²) in [5.74, 6) is 0.234. The maximum absolute atomic E-state index is 11.8. The fourth-order valence-corrected chi connectivity index (χ4v) is 2.62. The summed E-state index contributed by atoms with van der Waals surface area (Å²) < 4.78 is 0. The molecule has 1 aliphatic heterocycles. The number of nitrogens with one attached hydrogen (secondary N) is 1. The van der Waals surface area contributed by atoms with Crippen LogP contribution in [-0.2, 0) is 11.3 Å². The first-order valence-electron chi connectivity index (χ1n) is 6.21. The minimum Gasteiger partial charge on any atom is -0.396 e. The van der Waals surface area contributed by atoms with Crippen LogP contribution in [0.4, 0.5) is 0 Å². The van der Waals surface area contributed by atoms with Crippen molar-refractivity contribution < 1.29 is 9.90 Å². The highest BCUT2D eigenvalue weighted by molar-refractivity contribution is 5.83. The van der Waals surface area contributed by atoms with Crippen LogP contribution in [0.5, 0.6) is 0 Å². The first-order valence-corrected chi connectivity index (χ1v) is 6.21. The number of aromatic nitrogens is 1. The number of rotatable bonds is 3. The van der Waals surface area contributed by atoms with E-state index in [4.69, 9.17) is 5.11 Å². The summed E-state index contributed by atoms with van der Waals surface area (Å²) in [6, 6.07) is 8.13. The van der Waals surface area contributed by atoms with Crippen LogP contribution in [0.25, 0.3) is 10.9 Å². The van der Waals surface area contributed by atoms with Crippen LogP contribution in [-0.4, -0.2) is 34.0 Å². The van der Waals surface area contributed by atoms with Gasteiger partial charge in [0.05, 0.1) is 5.52 Å². The van der Waals surface area contributed by atoms with Crippen LogP contribution < -0.4 is 0 Å². The number of nitrogens with zero attached hydrogens (tertiary/aromatic N) is 1. The molecule has 1 aliphatic rings. The quantitative estimate of drug-likeness (QED) is 0.859. The second-order valence-electron chi connectivity index (χ2n) is 4.89. The Bertz CT molecular complexity index is 576. The summed E-state index contributed by atoms with van der Waals surface area (Å²) in [5, 5.41) is 10.3. The molecule has 0 aliphatic carbocycles. The average Bonchev–Trinajstić information content (AvgIpc) is 2.97. The van der Waals surface area contributed by atoms with Crippen molar-refractivity contribution in [1.82, 2.24) is 9.88 Å². The summed E-state index contributed by atoms with van der Waals surface area (Å²) >= 11 is 0. The van der Waals surface area contributed by atoms with Gasteiger partial charge in [0, 0.05) is 38.2 Å². The Balaban J connectivity index is 1.84. The number of fused-ring (bicyclic) bond motifs is 1. The first kappa shape index (κ1) is 11.3. The van der Waals surface area contributed by atoms with Crippen molar-refractivity contribution in [3.05, 3.63) is 36.0 Å². The molecule has 0 saturated carbocycles. The van der Waals surface area contributed by atoms with Crippen molar-refractivity contribution >= 4 is 16.8 Å². The predicted molar refractivity (Wildman–Crippen MR) is 68.9 cm³/mol. The lowest BCUT2D eigenvalue weighted by atomic mass is 10.1. The maximum Gasteiger partial charge on any atom is 0.223 e. The third-order valence-corrected chi connectivity index (χ3v) is 3.59. The zero-order valence-corrected chi connectivity index (χ0v) is 10.1. The van der Waals surface area contributed by atoms with Crippen LogP contribution in [0.2, 0.25) is 0 Å². The number of hydrogen-bond donors (Lipinski definition) is 2. The van der Waals surface area contributed by atoms with E-state index >= 15 is 0 Å². The summed E-state index contributed by atoms with van der Waals surface area (Å²) in [7, 11) is 0. The molecule has 18 heavy (non-hydrogen) atoms. The number of hydrogen-bond acceptors (Lipinski definition) is 2. The molecule has 1 unspecified atom stereocenters. The highest BCUT2D eigenvalue weighted by Crippen LogP contribution is 2.23. The Morgan fingerprint density at radius 2 is 2.28 bits per heavy atom. The molecule has 1 saturated heterocycles. The van der Waals surface area contributed by atoms with Crippen LogP contribution in [0.3, 0.4) is 0 Å². The second kappa shape index (κ2) is 4.46. The minimum absolute atomic E-state index is 0.0922. The van der Waals surface area contributed by atoms with Gasteiger partial charge in [-0.15, -0.1) is 0 Å². The standard InChI is InChI=1S/C14H16N2O2/c17-9-10-6-13(18)16(7-10)8-12-3-1-2-11-4-5-15-14(11)12/h1-5,10,15,17H,6-9H2. The minimum atomic E-state index is 0.0922. The molecule has 2 aromatic rings. The van der Waals surface area contributed by atoms with Gasteiger partial charge in [-0.25, -0.2) is 0 Å². The number of benzene rings is 1. The Hall–Kier alpha value is -1.81. The van der Waals surface area contributed by atoms with Crippen molar-refractivity contribution in [1.29, 1.82) is 0 Å². The molecule has 1 amide bonds. The molecule has 4 nitrogen and oxygen atoms in total. The summed E-state index contributed by atoms with van der Waals surface area (Å²) in [6.45, 7) is 1.37. The number of aliphatic hydroxyl groups is 1. The van der Waals surface area contributed by atoms with Crippen molar-refractivity contribution in [3.63, 3.8) is 0 Å². The van der Waals surface area contributed by atoms with Gasteiger partial charge >= 0.3 is 0 Å². The number of aliphatic hydroxyl groups excluding tert-OH is 1. The zero-order valence-electron chi connectivity index (χ0n) is 10.1. The molecule has 2 heterocycles. The summed E-state index contributed by atoms with van der Waals surface area (Å²) in [6.07, 6.45) is 2.38. The van der Waals surface area contributed by atoms with Gasteiger partial charge in [0.15, 0.2) is 0 Å². The van der Waals surface area contributed by atoms with Gasteiger partial charge < -0.3 is 15.0 Å². The maximum atomic E-state index is 11.8. The molecule has 94 valence electrons. The Morgan fingerprint density at radius 1 is 1.39 bits per heavy atom. The number of para-hydroxylation sites is 1. The molecule has 0 radical (unpaired) electrons. The highest BCUT2D eigenvalue weighted by Gasteiger charge is 2.29. The lowest BCUT2D eigenvalue weighted by molar-refractivity contribution is -0.128. The van der Waals surface area contributed by atoms with Crippen molar-refractivity contribution in [2.24, 2.45) is 5.92 Å². The van der Waals surface area contributed by atoms with E-state index in [1.165, 1.54) is 0 Å². The second-order valence-corrected chi connectivity index (χ2v) is 4.89. The van der Waals surface area contributed by atoms with Gasteiger partial charge in [-0.2, -0.15) is 0 Å². The molecule has 1 aromatic heterocycles. The highest BCUT2D eigenvalue weighted by atomic mass is 16.3. The van der Waals surface area contributed by atoms with Crippen molar-refractivity contribution in [3.8, 4) is 0 Å². The van der Waals surface area contributed by atoms with E-state index in [1.807, 2.05) is 29.3 Å². The third kappa shape index (κ3) is 1.88. The molecular weight excluding hydrogens is 228 g/mol. The number of aromatic amines is 1. The number of amides is 1. The molecule has 1 aromatic carbocycles. The third-order valence-electron chi connectivity index (χ3n) is 3.59. The van der Waals surface area contributed by atoms with Gasteiger partial charge in [-0.3, -0.25) is 4.79 Å². The van der Waals surface area contributed by atoms with E-state index in [1.54, 1.807) is 0 Å². The van der Waals surface area contributed by atoms with Crippen LogP contribution in [0.15, 0.2) is 30.5 Å². The lowest BCUT2D eigenvalue weighted by Gasteiger charge is -2.16. The van der Waals surface area contributed by atoms with Gasteiger partial charge in [0.2, 0.25) is 5.91 Å². The monoisotopic (exact) mass is 244 g/mol. The molecule has 2 N–H and O–H groups in total. The van der Waals surface area contributed by atoms with E-state index < -0.39 is 0 Å². The fourth-order valence-electron chi connectivity index (χ4n) is 2.62. The zero-order chi connectivity index (χ0) is 12.5. The van der Waals surface area contributed by atoms with Gasteiger partial charge in [0.25, 0.3) is 0 Å². The van der Waals surface area contributed by atoms with Crippen molar-refractivity contribution in [2.75, 3.05) is 13.2 Å². The molecule has 1 fully saturated rings. The Morgan fingerprint density at radius 3 is 3.06 bits per heavy atom. The van der Waals surface area contributed by atoms with Crippen molar-refractivity contribution in [2.45, 2.75) is 13.0 Å². The van der Waals surface area contributed by atoms with Crippen LogP contribution >= 0.6 is 0 Å². The van der Waals surface area contributed by atoms with Gasteiger partial charge in [-0.05, 0) is 17.0 Å². The first-order chi connectivity index (χ1) is 8.78. The number of likely N-dealkylation sites (tertiary alicyclic amines) is 1. The van der Waals surface area contributed by atoms with E-state index in [0.717, 1.165) is 16.5 Å². The smallest absolute Gasteiger partial charge is 0.223 e. The SMILES string of the molecule is O=C1CC(CO)CN1Cc1cccc2cc[nH]c12. The van der Waals surface area contributed by atoms with E-state index in [2.05, 4.69) is 11.1 Å². The molecule has 3 rings (SSSR count). The van der Waals surface area contributed by atoms with E-state index in [-0.39, 0.29) is 18.4 Å². The van der Waals surface area contributed by atoms with Crippen LogP contribution in [0, 0.1) is 5.92 Å². The van der Waals surface area contributed by atoms with E-state index in [9.17, 15) is 4.79 Å². The molecule has 1 atom stereocenters. The summed E-state index contributed by atoms with van der Waals surface area (Å²) in [5.41, 5.74) is 2.22. The molecular formula is C14H16N2O2. The molecule has 4 heteroatoms. The average molecular weight is 244 g/mol. The predicted octanol–water partition coefficient (Wildman–Crippen LogP) is 1.51. The topological polar surface area (TPSA) is 56.3 Å². The van der Waals surface area contributed by atoms with Gasteiger partial charge in [0.1, 0.15) is 0 Å². The largest absolute Gasteiger partial charge is 0.396 e. The number of carbonyl (C=O) groups excluding carboxylic acids is 1. The van der Waals surface area contributed by atoms with Gasteiger partial charge in [-0.1, -0.05) is 18.2 Å². The number of carbonyl (C=O) groups is 1. The Kier molecular flexibility index (Phi) is 2.80. The number of H-pyrrole nitrogens is 1. The lowest BCUT2D eigenvalue weighted by Crippen LogP contribution is -2.25. The molecule has 0 bridgehead atoms. The normalized spacial score (nSPS) is 19.9. The van der Waals surface area contributed by atoms with Crippen LogP contribution in [0.1, 0.15) is 12.0 Å². The summed E-state index contributed by atoms with van der Waals surface area (Å²) in [4.78, 5) is 16.9. The molecule has 0 spiro atoms. The van der Waals surface area contributed by atoms with E-state index in [0.29, 0.717) is 19.5 Å².